The number of carbonyl (C=O) groups excluding carboxylic acids is 1. The largest absolute Gasteiger partial charge is 0.397 e. The molecule has 6 heteroatoms. The fourth-order valence-corrected chi connectivity index (χ4v) is 2.07. The van der Waals surface area contributed by atoms with E-state index in [1.807, 2.05) is 13.0 Å². The molecule has 0 aliphatic heterocycles. The molecule has 0 unspecified atom stereocenters. The van der Waals surface area contributed by atoms with Gasteiger partial charge in [-0.2, -0.15) is 0 Å². The highest BCUT2D eigenvalue weighted by Crippen LogP contribution is 2.18. The Morgan fingerprint density at radius 1 is 1.26 bits per heavy atom. The molecule has 2 aromatic rings. The third-order valence-corrected chi connectivity index (χ3v) is 3.06. The van der Waals surface area contributed by atoms with Crippen molar-refractivity contribution in [3.63, 3.8) is 0 Å². The summed E-state index contributed by atoms with van der Waals surface area (Å²) in [6.07, 6.45) is 3.16. The zero-order valence-corrected chi connectivity index (χ0v) is 12.2. The van der Waals surface area contributed by atoms with Crippen molar-refractivity contribution < 1.29 is 4.79 Å². The Morgan fingerprint density at radius 3 is 2.68 bits per heavy atom. The van der Waals surface area contributed by atoms with Crippen LogP contribution in [-0.4, -0.2) is 15.9 Å². The number of carbonyl (C=O) groups is 1. The molecule has 0 aliphatic rings. The SMILES string of the molecule is Cc1cc(Br)cnc1NC(=O)c1cc(N)cnc1C. The number of amides is 1. The van der Waals surface area contributed by atoms with E-state index in [2.05, 4.69) is 31.2 Å². The van der Waals surface area contributed by atoms with Crippen LogP contribution in [0.3, 0.4) is 0 Å². The molecule has 1 amide bonds. The summed E-state index contributed by atoms with van der Waals surface area (Å²) < 4.78 is 0.866. The Morgan fingerprint density at radius 2 is 2.00 bits per heavy atom. The molecule has 0 spiro atoms. The van der Waals surface area contributed by atoms with Crippen LogP contribution >= 0.6 is 15.9 Å². The third-order valence-electron chi connectivity index (χ3n) is 2.63. The summed E-state index contributed by atoms with van der Waals surface area (Å²) in [6, 6.07) is 3.49. The highest BCUT2D eigenvalue weighted by Gasteiger charge is 2.12. The van der Waals surface area contributed by atoms with Crippen molar-refractivity contribution in [3.8, 4) is 0 Å². The predicted octanol–water partition coefficient (Wildman–Crippen LogP) is 2.69. The van der Waals surface area contributed by atoms with Crippen molar-refractivity contribution in [1.82, 2.24) is 9.97 Å². The van der Waals surface area contributed by atoms with E-state index in [1.54, 1.807) is 19.2 Å². The molecule has 98 valence electrons. The second-order valence-electron chi connectivity index (χ2n) is 4.17. The number of nitrogen functional groups attached to an aromatic ring is 1. The number of aryl methyl sites for hydroxylation is 2. The van der Waals surface area contributed by atoms with Crippen LogP contribution in [-0.2, 0) is 0 Å². The van der Waals surface area contributed by atoms with Crippen LogP contribution in [0.4, 0.5) is 11.5 Å². The minimum absolute atomic E-state index is 0.268. The first-order valence-corrected chi connectivity index (χ1v) is 6.42. The van der Waals surface area contributed by atoms with Crippen molar-refractivity contribution in [3.05, 3.63) is 45.8 Å². The third kappa shape index (κ3) is 3.08. The van der Waals surface area contributed by atoms with Gasteiger partial charge in [-0.1, -0.05) is 0 Å². The number of halogens is 1. The normalized spacial score (nSPS) is 10.3. The van der Waals surface area contributed by atoms with Crippen LogP contribution in [0.15, 0.2) is 29.0 Å². The minimum atomic E-state index is -0.268. The number of nitrogens with two attached hydrogens (primary N) is 1. The lowest BCUT2D eigenvalue weighted by atomic mass is 10.1. The second kappa shape index (κ2) is 5.36. The average Bonchev–Trinajstić information content (AvgIpc) is 2.35. The maximum atomic E-state index is 12.2. The van der Waals surface area contributed by atoms with Gasteiger partial charge in [0.1, 0.15) is 5.82 Å². The van der Waals surface area contributed by atoms with Crippen LogP contribution in [0.1, 0.15) is 21.6 Å². The summed E-state index contributed by atoms with van der Waals surface area (Å²) in [4.78, 5) is 20.4. The van der Waals surface area contributed by atoms with Crippen molar-refractivity contribution in [1.29, 1.82) is 0 Å². The van der Waals surface area contributed by atoms with Crippen LogP contribution in [0.25, 0.3) is 0 Å². The van der Waals surface area contributed by atoms with Crippen LogP contribution in [0, 0.1) is 13.8 Å². The molecular weight excluding hydrogens is 308 g/mol. The zero-order valence-electron chi connectivity index (χ0n) is 10.6. The summed E-state index contributed by atoms with van der Waals surface area (Å²) in [5.41, 5.74) is 8.05. The number of nitrogens with one attached hydrogen (secondary N) is 1. The van der Waals surface area contributed by atoms with Crippen molar-refractivity contribution in [2.24, 2.45) is 0 Å². The molecule has 19 heavy (non-hydrogen) atoms. The molecule has 5 nitrogen and oxygen atoms in total. The Hall–Kier alpha value is -1.95. The monoisotopic (exact) mass is 320 g/mol. The molecule has 2 rings (SSSR count). The van der Waals surface area contributed by atoms with Crippen LogP contribution in [0.2, 0.25) is 0 Å². The van der Waals surface area contributed by atoms with Gasteiger partial charge in [-0.05, 0) is 47.5 Å². The molecule has 0 bridgehead atoms. The highest BCUT2D eigenvalue weighted by molar-refractivity contribution is 9.10. The Bertz CT molecular complexity index is 643. The van der Waals surface area contributed by atoms with E-state index < -0.39 is 0 Å². The number of rotatable bonds is 2. The minimum Gasteiger partial charge on any atom is -0.397 e. The fraction of sp³-hybridized carbons (Fsp3) is 0.154. The first-order chi connectivity index (χ1) is 8.97. The van der Waals surface area contributed by atoms with Gasteiger partial charge >= 0.3 is 0 Å². The molecule has 3 N–H and O–H groups in total. The lowest BCUT2D eigenvalue weighted by molar-refractivity contribution is 0.102. The van der Waals surface area contributed by atoms with Gasteiger partial charge in [0.15, 0.2) is 0 Å². The molecular formula is C13H13BrN4O. The van der Waals surface area contributed by atoms with Gasteiger partial charge in [-0.3, -0.25) is 9.78 Å². The van der Waals surface area contributed by atoms with Crippen molar-refractivity contribution in [2.75, 3.05) is 11.1 Å². The second-order valence-corrected chi connectivity index (χ2v) is 5.09. The molecule has 0 radical (unpaired) electrons. The summed E-state index contributed by atoms with van der Waals surface area (Å²) in [7, 11) is 0. The van der Waals surface area contributed by atoms with E-state index in [4.69, 9.17) is 5.73 Å². The topological polar surface area (TPSA) is 80.9 Å². The molecule has 0 fully saturated rings. The van der Waals surface area contributed by atoms with E-state index in [-0.39, 0.29) is 5.91 Å². The van der Waals surface area contributed by atoms with Gasteiger partial charge in [-0.15, -0.1) is 0 Å². The van der Waals surface area contributed by atoms with Gasteiger partial charge < -0.3 is 11.1 Å². The average molecular weight is 321 g/mol. The van der Waals surface area contributed by atoms with Gasteiger partial charge in [-0.25, -0.2) is 4.98 Å². The highest BCUT2D eigenvalue weighted by atomic mass is 79.9. The van der Waals surface area contributed by atoms with Gasteiger partial charge in [0.05, 0.1) is 23.1 Å². The predicted molar refractivity (Wildman–Crippen MR) is 78.0 cm³/mol. The number of hydrogen-bond acceptors (Lipinski definition) is 4. The lowest BCUT2D eigenvalue weighted by Crippen LogP contribution is -2.16. The summed E-state index contributed by atoms with van der Waals surface area (Å²) in [6.45, 7) is 3.63. The maximum Gasteiger partial charge on any atom is 0.258 e. The molecule has 0 saturated heterocycles. The number of hydrogen-bond donors (Lipinski definition) is 2. The fourth-order valence-electron chi connectivity index (χ4n) is 1.63. The maximum absolute atomic E-state index is 12.2. The first kappa shape index (κ1) is 13.5. The number of pyridine rings is 2. The molecule has 0 atom stereocenters. The Balaban J connectivity index is 2.28. The van der Waals surface area contributed by atoms with Gasteiger partial charge in [0.25, 0.3) is 5.91 Å². The standard InChI is InChI=1S/C13H13BrN4O/c1-7-3-9(14)5-17-12(7)18-13(19)11-4-10(15)6-16-8(11)2/h3-6H,15H2,1-2H3,(H,17,18,19). The van der Waals surface area contributed by atoms with Gasteiger partial charge in [0, 0.05) is 10.7 Å². The quantitative estimate of drug-likeness (QED) is 0.891. The van der Waals surface area contributed by atoms with Crippen molar-refractivity contribution >= 4 is 33.3 Å². The van der Waals surface area contributed by atoms with E-state index in [0.29, 0.717) is 22.8 Å². The zero-order chi connectivity index (χ0) is 14.0. The Kier molecular flexibility index (Phi) is 3.80. The molecule has 0 aliphatic carbocycles. The van der Waals surface area contributed by atoms with Crippen LogP contribution in [0.5, 0.6) is 0 Å². The van der Waals surface area contributed by atoms with E-state index >= 15 is 0 Å². The molecule has 0 saturated carbocycles. The summed E-state index contributed by atoms with van der Waals surface area (Å²) in [5.74, 6) is 0.255. The van der Waals surface area contributed by atoms with Gasteiger partial charge in [0.2, 0.25) is 0 Å². The smallest absolute Gasteiger partial charge is 0.258 e. The van der Waals surface area contributed by atoms with E-state index in [9.17, 15) is 4.79 Å². The molecule has 2 aromatic heterocycles. The lowest BCUT2D eigenvalue weighted by Gasteiger charge is -2.09. The van der Waals surface area contributed by atoms with Crippen molar-refractivity contribution in [2.45, 2.75) is 13.8 Å². The summed E-state index contributed by atoms with van der Waals surface area (Å²) >= 11 is 3.33. The summed E-state index contributed by atoms with van der Waals surface area (Å²) in [5, 5.41) is 2.76. The first-order valence-electron chi connectivity index (χ1n) is 5.63. The number of nitrogens with zero attached hydrogens (tertiary/aromatic N) is 2. The molecule has 0 aromatic carbocycles. The number of aromatic nitrogens is 2. The van der Waals surface area contributed by atoms with E-state index in [1.165, 1.54) is 6.20 Å². The Labute approximate surface area is 119 Å². The molecule has 2 heterocycles. The number of anilines is 2. The van der Waals surface area contributed by atoms with E-state index in [0.717, 1.165) is 10.0 Å². The van der Waals surface area contributed by atoms with Crippen LogP contribution < -0.4 is 11.1 Å².